The Labute approximate surface area is 171 Å². The molecule has 0 bridgehead atoms. The van der Waals surface area contributed by atoms with Gasteiger partial charge in [-0.2, -0.15) is 13.2 Å². The maximum absolute atomic E-state index is 13.6. The number of hydrogen-bond donors (Lipinski definition) is 0. The molecule has 2 amide bonds. The highest BCUT2D eigenvalue weighted by atomic mass is 19.4. The first-order chi connectivity index (χ1) is 14.2. The maximum atomic E-state index is 13.6. The molecule has 2 atom stereocenters. The lowest BCUT2D eigenvalue weighted by Crippen LogP contribution is -2.43. The summed E-state index contributed by atoms with van der Waals surface area (Å²) in [5, 5.41) is 3.51. The average Bonchev–Trinajstić information content (AvgIpc) is 3.28. The quantitative estimate of drug-likeness (QED) is 0.757. The van der Waals surface area contributed by atoms with E-state index in [2.05, 4.69) is 10.1 Å². The Balaban J connectivity index is 1.59. The largest absolute Gasteiger partial charge is 0.417 e. The van der Waals surface area contributed by atoms with Crippen LogP contribution in [0.1, 0.15) is 49.1 Å². The molecule has 4 rings (SSSR count). The third kappa shape index (κ3) is 3.63. The van der Waals surface area contributed by atoms with Crippen molar-refractivity contribution in [3.63, 3.8) is 0 Å². The number of likely N-dealkylation sites (tertiary alicyclic amines) is 2. The summed E-state index contributed by atoms with van der Waals surface area (Å²) in [5.74, 6) is -0.879. The van der Waals surface area contributed by atoms with Gasteiger partial charge in [-0.15, -0.1) is 0 Å². The summed E-state index contributed by atoms with van der Waals surface area (Å²) in [4.78, 5) is 32.5. The van der Waals surface area contributed by atoms with E-state index in [-0.39, 0.29) is 53.2 Å². The first kappa shape index (κ1) is 20.6. The second-order valence-corrected chi connectivity index (χ2v) is 8.00. The van der Waals surface area contributed by atoms with Gasteiger partial charge in [0.1, 0.15) is 0 Å². The molecule has 0 N–H and O–H groups in total. The van der Waals surface area contributed by atoms with Gasteiger partial charge < -0.3 is 14.3 Å². The number of carbonyl (C=O) groups excluding carboxylic acids is 2. The van der Waals surface area contributed by atoms with Gasteiger partial charge in [-0.05, 0) is 32.8 Å². The van der Waals surface area contributed by atoms with Crippen LogP contribution in [0.15, 0.2) is 10.6 Å². The van der Waals surface area contributed by atoms with Crippen molar-refractivity contribution >= 4 is 22.9 Å². The van der Waals surface area contributed by atoms with E-state index in [4.69, 9.17) is 4.52 Å². The smallest absolute Gasteiger partial charge is 0.342 e. The molecule has 162 valence electrons. The Morgan fingerprint density at radius 2 is 2.10 bits per heavy atom. The van der Waals surface area contributed by atoms with E-state index in [0.717, 1.165) is 6.07 Å². The summed E-state index contributed by atoms with van der Waals surface area (Å²) in [6.45, 7) is 5.08. The maximum Gasteiger partial charge on any atom is 0.417 e. The Morgan fingerprint density at radius 3 is 2.77 bits per heavy atom. The van der Waals surface area contributed by atoms with Crippen LogP contribution in [0, 0.1) is 12.8 Å². The fraction of sp³-hybridized carbons (Fsp3) is 0.600. The molecular weight excluding hydrogens is 401 g/mol. The molecule has 0 saturated carbocycles. The zero-order valence-corrected chi connectivity index (χ0v) is 16.8. The number of fused-ring (bicyclic) bond motifs is 1. The summed E-state index contributed by atoms with van der Waals surface area (Å²) < 4.78 is 45.9. The van der Waals surface area contributed by atoms with Gasteiger partial charge in [-0.1, -0.05) is 5.16 Å². The Morgan fingerprint density at radius 1 is 1.33 bits per heavy atom. The van der Waals surface area contributed by atoms with Gasteiger partial charge in [0.15, 0.2) is 0 Å². The lowest BCUT2D eigenvalue weighted by molar-refractivity contribution is -0.137. The van der Waals surface area contributed by atoms with Crippen molar-refractivity contribution in [3.05, 3.63) is 23.0 Å². The summed E-state index contributed by atoms with van der Waals surface area (Å²) in [6, 6.07) is 1.06. The van der Waals surface area contributed by atoms with Crippen molar-refractivity contribution in [2.24, 2.45) is 5.92 Å². The minimum absolute atomic E-state index is 0.0352. The van der Waals surface area contributed by atoms with E-state index < -0.39 is 17.7 Å². The molecule has 0 spiro atoms. The summed E-state index contributed by atoms with van der Waals surface area (Å²) in [5.41, 5.74) is -0.560. The molecule has 2 aromatic rings. The van der Waals surface area contributed by atoms with Crippen LogP contribution in [0.3, 0.4) is 0 Å². The van der Waals surface area contributed by atoms with Crippen LogP contribution in [0.4, 0.5) is 13.2 Å². The Hall–Kier alpha value is -2.65. The SMILES string of the molecule is CCN1CC(C(=O)N2CCCC(c3cc(C(F)(F)F)c4c(C)noc4n3)C2)CC1=O. The van der Waals surface area contributed by atoms with Crippen molar-refractivity contribution in [3.8, 4) is 0 Å². The molecule has 2 unspecified atom stereocenters. The fourth-order valence-electron chi connectivity index (χ4n) is 4.47. The van der Waals surface area contributed by atoms with Crippen molar-refractivity contribution in [1.29, 1.82) is 0 Å². The number of nitrogens with zero attached hydrogens (tertiary/aromatic N) is 4. The number of hydrogen-bond acceptors (Lipinski definition) is 5. The van der Waals surface area contributed by atoms with Crippen LogP contribution in [-0.2, 0) is 15.8 Å². The van der Waals surface area contributed by atoms with Crippen molar-refractivity contribution < 1.29 is 27.3 Å². The van der Waals surface area contributed by atoms with Gasteiger partial charge in [0.25, 0.3) is 5.71 Å². The number of alkyl halides is 3. The minimum Gasteiger partial charge on any atom is -0.342 e. The zero-order valence-electron chi connectivity index (χ0n) is 16.8. The molecule has 7 nitrogen and oxygen atoms in total. The van der Waals surface area contributed by atoms with Gasteiger partial charge >= 0.3 is 6.18 Å². The first-order valence-corrected chi connectivity index (χ1v) is 10.1. The molecule has 0 aromatic carbocycles. The molecule has 2 saturated heterocycles. The molecular formula is C20H23F3N4O3. The van der Waals surface area contributed by atoms with Gasteiger partial charge in [0, 0.05) is 38.5 Å². The second-order valence-electron chi connectivity index (χ2n) is 8.00. The standard InChI is InChI=1S/C20H23F3N4O3/c1-3-26-10-13(7-16(26)28)19(29)27-6-4-5-12(9-27)15-8-14(20(21,22)23)17-11(2)25-30-18(17)24-15/h8,12-13H,3-7,9-10H2,1-2H3. The molecule has 30 heavy (non-hydrogen) atoms. The Bertz CT molecular complexity index is 988. The number of piperidine rings is 1. The topological polar surface area (TPSA) is 79.5 Å². The number of halogens is 3. The third-order valence-electron chi connectivity index (χ3n) is 6.04. The van der Waals surface area contributed by atoms with Crippen LogP contribution in [-0.4, -0.2) is 57.9 Å². The van der Waals surface area contributed by atoms with Gasteiger partial charge in [0.05, 0.1) is 28.3 Å². The predicted octanol–water partition coefficient (Wildman–Crippen LogP) is 3.12. The molecule has 2 aliphatic heterocycles. The number of rotatable bonds is 3. The average molecular weight is 424 g/mol. The first-order valence-electron chi connectivity index (χ1n) is 10.1. The monoisotopic (exact) mass is 424 g/mol. The Kier molecular flexibility index (Phi) is 5.19. The predicted molar refractivity (Wildman–Crippen MR) is 100 cm³/mol. The zero-order chi connectivity index (χ0) is 21.6. The molecule has 10 heteroatoms. The van der Waals surface area contributed by atoms with Crippen LogP contribution in [0.25, 0.3) is 11.1 Å². The van der Waals surface area contributed by atoms with Crippen LogP contribution in [0.2, 0.25) is 0 Å². The summed E-state index contributed by atoms with van der Waals surface area (Å²) in [7, 11) is 0. The van der Waals surface area contributed by atoms with E-state index in [1.165, 1.54) is 6.92 Å². The molecule has 2 aliphatic rings. The third-order valence-corrected chi connectivity index (χ3v) is 6.04. The highest BCUT2D eigenvalue weighted by molar-refractivity contribution is 5.89. The number of aromatic nitrogens is 2. The molecule has 0 aliphatic carbocycles. The fourth-order valence-corrected chi connectivity index (χ4v) is 4.47. The molecule has 2 aromatic heterocycles. The van der Waals surface area contributed by atoms with Gasteiger partial charge in [0.2, 0.25) is 11.8 Å². The van der Waals surface area contributed by atoms with E-state index >= 15 is 0 Å². The highest BCUT2D eigenvalue weighted by Crippen LogP contribution is 2.38. The molecule has 0 radical (unpaired) electrons. The molecule has 4 heterocycles. The van der Waals surface area contributed by atoms with Crippen molar-refractivity contribution in [1.82, 2.24) is 19.9 Å². The second kappa shape index (κ2) is 7.55. The summed E-state index contributed by atoms with van der Waals surface area (Å²) >= 11 is 0. The highest BCUT2D eigenvalue weighted by Gasteiger charge is 2.39. The van der Waals surface area contributed by atoms with Crippen LogP contribution < -0.4 is 0 Å². The normalized spacial score (nSPS) is 22.9. The van der Waals surface area contributed by atoms with Gasteiger partial charge in [-0.3, -0.25) is 9.59 Å². The van der Waals surface area contributed by atoms with E-state index in [1.807, 2.05) is 6.92 Å². The lowest BCUT2D eigenvalue weighted by Gasteiger charge is -2.34. The molecule has 2 fully saturated rings. The number of amides is 2. The summed E-state index contributed by atoms with van der Waals surface area (Å²) in [6.07, 6.45) is -3.10. The van der Waals surface area contributed by atoms with Crippen LogP contribution in [0.5, 0.6) is 0 Å². The van der Waals surface area contributed by atoms with Gasteiger partial charge in [-0.25, -0.2) is 4.98 Å². The van der Waals surface area contributed by atoms with E-state index in [1.54, 1.807) is 9.80 Å². The number of pyridine rings is 1. The number of aryl methyl sites for hydroxylation is 1. The van der Waals surface area contributed by atoms with E-state index in [9.17, 15) is 22.8 Å². The number of carbonyl (C=O) groups is 2. The van der Waals surface area contributed by atoms with E-state index in [0.29, 0.717) is 32.5 Å². The van der Waals surface area contributed by atoms with Crippen LogP contribution >= 0.6 is 0 Å². The van der Waals surface area contributed by atoms with Crippen molar-refractivity contribution in [2.45, 2.75) is 45.2 Å². The minimum atomic E-state index is -4.57. The van der Waals surface area contributed by atoms with Crippen molar-refractivity contribution in [2.75, 3.05) is 26.2 Å². The lowest BCUT2D eigenvalue weighted by atomic mass is 9.91.